The van der Waals surface area contributed by atoms with Crippen molar-refractivity contribution in [2.75, 3.05) is 31.1 Å². The van der Waals surface area contributed by atoms with Crippen molar-refractivity contribution in [1.29, 1.82) is 0 Å². The molecule has 134 valence electrons. The van der Waals surface area contributed by atoms with Gasteiger partial charge in [-0.25, -0.2) is 9.97 Å². The molecule has 8 nitrogen and oxygen atoms in total. The van der Waals surface area contributed by atoms with Crippen LogP contribution in [0.15, 0.2) is 36.8 Å². The van der Waals surface area contributed by atoms with Crippen LogP contribution in [0.25, 0.3) is 11.0 Å². The van der Waals surface area contributed by atoms with Crippen LogP contribution in [0.5, 0.6) is 0 Å². The van der Waals surface area contributed by atoms with Crippen LogP contribution in [0, 0.1) is 0 Å². The molecular formula is C18H21N7O. The van der Waals surface area contributed by atoms with Crippen molar-refractivity contribution in [3.8, 4) is 0 Å². The highest BCUT2D eigenvalue weighted by molar-refractivity contribution is 5.94. The first kappa shape index (κ1) is 16.5. The SMILES string of the molecule is Cn1ncc2c(N3CCN(C(=O)c4ccc(CN)cc4)CC3)ncnc21. The van der Waals surface area contributed by atoms with Crippen LogP contribution in [0.3, 0.4) is 0 Å². The van der Waals surface area contributed by atoms with Gasteiger partial charge in [0.2, 0.25) is 0 Å². The molecule has 0 bridgehead atoms. The molecule has 0 atom stereocenters. The van der Waals surface area contributed by atoms with E-state index in [4.69, 9.17) is 5.73 Å². The number of aromatic nitrogens is 4. The first-order chi connectivity index (χ1) is 12.7. The van der Waals surface area contributed by atoms with E-state index < -0.39 is 0 Å². The van der Waals surface area contributed by atoms with Crippen molar-refractivity contribution in [2.24, 2.45) is 12.8 Å². The number of hydrogen-bond acceptors (Lipinski definition) is 6. The molecule has 2 aromatic heterocycles. The number of benzene rings is 1. The number of carbonyl (C=O) groups excluding carboxylic acids is 1. The van der Waals surface area contributed by atoms with Crippen molar-refractivity contribution >= 4 is 22.8 Å². The summed E-state index contributed by atoms with van der Waals surface area (Å²) < 4.78 is 1.74. The summed E-state index contributed by atoms with van der Waals surface area (Å²) in [5.74, 6) is 0.935. The zero-order valence-electron chi connectivity index (χ0n) is 14.7. The second-order valence-electron chi connectivity index (χ2n) is 6.38. The lowest BCUT2D eigenvalue weighted by Crippen LogP contribution is -2.49. The average Bonchev–Trinajstić information content (AvgIpc) is 3.09. The average molecular weight is 351 g/mol. The van der Waals surface area contributed by atoms with E-state index in [1.807, 2.05) is 36.2 Å². The minimum atomic E-state index is 0.0578. The standard InChI is InChI=1S/C18H21N7O/c1-23-16-15(11-22-23)17(21-12-20-16)24-6-8-25(9-7-24)18(26)14-4-2-13(10-19)3-5-14/h2-5,11-12H,6-10,19H2,1H3. The number of aryl methyl sites for hydroxylation is 1. The number of rotatable bonds is 3. The third-order valence-electron chi connectivity index (χ3n) is 4.81. The van der Waals surface area contributed by atoms with Gasteiger partial charge in [-0.1, -0.05) is 12.1 Å². The van der Waals surface area contributed by atoms with Gasteiger partial charge in [-0.15, -0.1) is 0 Å². The number of nitrogens with zero attached hydrogens (tertiary/aromatic N) is 6. The van der Waals surface area contributed by atoms with E-state index in [2.05, 4.69) is 20.0 Å². The lowest BCUT2D eigenvalue weighted by Gasteiger charge is -2.35. The van der Waals surface area contributed by atoms with Gasteiger partial charge in [-0.3, -0.25) is 9.48 Å². The third kappa shape index (κ3) is 2.88. The van der Waals surface area contributed by atoms with Gasteiger partial charge in [0.15, 0.2) is 5.65 Å². The van der Waals surface area contributed by atoms with Crippen molar-refractivity contribution in [3.05, 3.63) is 47.9 Å². The van der Waals surface area contributed by atoms with Crippen molar-refractivity contribution < 1.29 is 4.79 Å². The maximum atomic E-state index is 12.7. The molecule has 3 aromatic rings. The number of piperazine rings is 1. The fourth-order valence-corrected chi connectivity index (χ4v) is 3.29. The van der Waals surface area contributed by atoms with E-state index >= 15 is 0 Å². The summed E-state index contributed by atoms with van der Waals surface area (Å²) in [6.07, 6.45) is 3.36. The highest BCUT2D eigenvalue weighted by Crippen LogP contribution is 2.23. The molecular weight excluding hydrogens is 330 g/mol. The number of carbonyl (C=O) groups is 1. The normalized spacial score (nSPS) is 14.8. The molecule has 0 saturated carbocycles. The maximum absolute atomic E-state index is 12.7. The number of amides is 1. The second kappa shape index (κ2) is 6.72. The van der Waals surface area contributed by atoms with Crippen LogP contribution in [-0.2, 0) is 13.6 Å². The topological polar surface area (TPSA) is 93.2 Å². The highest BCUT2D eigenvalue weighted by Gasteiger charge is 2.24. The Labute approximate surface area is 151 Å². The first-order valence-corrected chi connectivity index (χ1v) is 8.63. The molecule has 1 aliphatic rings. The van der Waals surface area contributed by atoms with Crippen LogP contribution in [0.4, 0.5) is 5.82 Å². The maximum Gasteiger partial charge on any atom is 0.253 e. The van der Waals surface area contributed by atoms with Crippen molar-refractivity contribution in [3.63, 3.8) is 0 Å². The van der Waals surface area contributed by atoms with Gasteiger partial charge in [0.25, 0.3) is 5.91 Å². The van der Waals surface area contributed by atoms with E-state index in [-0.39, 0.29) is 5.91 Å². The largest absolute Gasteiger partial charge is 0.352 e. The molecule has 1 aliphatic heterocycles. The Balaban J connectivity index is 1.47. The third-order valence-corrected chi connectivity index (χ3v) is 4.81. The number of anilines is 1. The number of fused-ring (bicyclic) bond motifs is 1. The van der Waals surface area contributed by atoms with Crippen LogP contribution in [0.1, 0.15) is 15.9 Å². The molecule has 1 amide bonds. The van der Waals surface area contributed by atoms with Crippen molar-refractivity contribution in [2.45, 2.75) is 6.54 Å². The predicted octanol–water partition coefficient (Wildman–Crippen LogP) is 0.784. The van der Waals surface area contributed by atoms with Crippen LogP contribution in [0.2, 0.25) is 0 Å². The number of nitrogens with two attached hydrogens (primary N) is 1. The quantitative estimate of drug-likeness (QED) is 0.750. The Bertz CT molecular complexity index is 926. The van der Waals surface area contributed by atoms with Gasteiger partial charge in [0.1, 0.15) is 12.1 Å². The predicted molar refractivity (Wildman–Crippen MR) is 98.8 cm³/mol. The summed E-state index contributed by atoms with van der Waals surface area (Å²) in [5.41, 5.74) is 8.15. The lowest BCUT2D eigenvalue weighted by molar-refractivity contribution is 0.0746. The smallest absolute Gasteiger partial charge is 0.253 e. The van der Waals surface area contributed by atoms with Gasteiger partial charge in [0.05, 0.1) is 11.6 Å². The molecule has 0 radical (unpaired) electrons. The van der Waals surface area contributed by atoms with Crippen molar-refractivity contribution in [1.82, 2.24) is 24.6 Å². The molecule has 2 N–H and O–H groups in total. The van der Waals surface area contributed by atoms with Gasteiger partial charge in [-0.2, -0.15) is 5.10 Å². The highest BCUT2D eigenvalue weighted by atomic mass is 16.2. The zero-order chi connectivity index (χ0) is 18.1. The van der Waals surface area contributed by atoms with Gasteiger partial charge in [-0.05, 0) is 17.7 Å². The molecule has 3 heterocycles. The number of hydrogen-bond donors (Lipinski definition) is 1. The molecule has 1 fully saturated rings. The Morgan fingerprint density at radius 2 is 1.85 bits per heavy atom. The van der Waals surface area contributed by atoms with E-state index in [0.29, 0.717) is 25.2 Å². The fourth-order valence-electron chi connectivity index (χ4n) is 3.29. The molecule has 1 saturated heterocycles. The van der Waals surface area contributed by atoms with E-state index in [0.717, 1.165) is 35.5 Å². The second-order valence-corrected chi connectivity index (χ2v) is 6.38. The van der Waals surface area contributed by atoms with E-state index in [1.165, 1.54) is 0 Å². The molecule has 4 rings (SSSR count). The summed E-state index contributed by atoms with van der Waals surface area (Å²) in [6.45, 7) is 3.25. The fraction of sp³-hybridized carbons (Fsp3) is 0.333. The van der Waals surface area contributed by atoms with E-state index in [9.17, 15) is 4.79 Å². The zero-order valence-corrected chi connectivity index (χ0v) is 14.7. The van der Waals surface area contributed by atoms with Crippen LogP contribution in [-0.4, -0.2) is 56.7 Å². The molecule has 0 aliphatic carbocycles. The summed E-state index contributed by atoms with van der Waals surface area (Å²) in [6, 6.07) is 7.51. The van der Waals surface area contributed by atoms with Gasteiger partial charge < -0.3 is 15.5 Å². The van der Waals surface area contributed by atoms with Gasteiger partial charge >= 0.3 is 0 Å². The summed E-state index contributed by atoms with van der Waals surface area (Å²) in [7, 11) is 1.87. The van der Waals surface area contributed by atoms with Crippen LogP contribution < -0.4 is 10.6 Å². The molecule has 8 heteroatoms. The molecule has 0 spiro atoms. The minimum Gasteiger partial charge on any atom is -0.352 e. The molecule has 1 aromatic carbocycles. The molecule has 26 heavy (non-hydrogen) atoms. The Morgan fingerprint density at radius 3 is 2.54 bits per heavy atom. The summed E-state index contributed by atoms with van der Waals surface area (Å²) in [4.78, 5) is 25.5. The monoisotopic (exact) mass is 351 g/mol. The Hall–Kier alpha value is -3.00. The lowest BCUT2D eigenvalue weighted by atomic mass is 10.1. The van der Waals surface area contributed by atoms with Gasteiger partial charge in [0, 0.05) is 45.3 Å². The van der Waals surface area contributed by atoms with E-state index in [1.54, 1.807) is 17.2 Å². The first-order valence-electron chi connectivity index (χ1n) is 8.63. The van der Waals surface area contributed by atoms with Crippen LogP contribution >= 0.6 is 0 Å². The molecule has 0 unspecified atom stereocenters. The summed E-state index contributed by atoms with van der Waals surface area (Å²) in [5, 5.41) is 5.20. The minimum absolute atomic E-state index is 0.0578. The summed E-state index contributed by atoms with van der Waals surface area (Å²) >= 11 is 0. The Morgan fingerprint density at radius 1 is 1.12 bits per heavy atom. The Kier molecular flexibility index (Phi) is 4.26.